The number of carbonyl (C=O) groups is 1. The highest BCUT2D eigenvalue weighted by molar-refractivity contribution is 8.00. The Kier molecular flexibility index (Phi) is 3.64. The molecule has 0 saturated carbocycles. The summed E-state index contributed by atoms with van der Waals surface area (Å²) in [7, 11) is 0. The summed E-state index contributed by atoms with van der Waals surface area (Å²) >= 11 is 3.04. The van der Waals surface area contributed by atoms with Crippen molar-refractivity contribution < 1.29 is 9.90 Å². The molecule has 0 fully saturated rings. The zero-order valence-electron chi connectivity index (χ0n) is 8.42. The first-order valence-corrected chi connectivity index (χ1v) is 6.61. The molecule has 0 aliphatic rings. The fourth-order valence-corrected chi connectivity index (χ4v) is 2.66. The van der Waals surface area contributed by atoms with Gasteiger partial charge in [-0.15, -0.1) is 23.1 Å². The molecule has 4 heteroatoms. The van der Waals surface area contributed by atoms with Crippen LogP contribution in [0, 0.1) is 0 Å². The SMILES string of the molecule is O=C(O)CSc1ccc(-c2cccs2)cc1. The van der Waals surface area contributed by atoms with E-state index in [1.165, 1.54) is 22.2 Å². The van der Waals surface area contributed by atoms with E-state index in [1.807, 2.05) is 35.7 Å². The molecule has 0 bridgehead atoms. The summed E-state index contributed by atoms with van der Waals surface area (Å²) in [5, 5.41) is 10.6. The lowest BCUT2D eigenvalue weighted by atomic mass is 10.2. The number of thioether (sulfide) groups is 1. The van der Waals surface area contributed by atoms with E-state index in [2.05, 4.69) is 6.07 Å². The van der Waals surface area contributed by atoms with Gasteiger partial charge in [0.1, 0.15) is 0 Å². The van der Waals surface area contributed by atoms with Crippen LogP contribution in [-0.2, 0) is 4.79 Å². The van der Waals surface area contributed by atoms with E-state index in [-0.39, 0.29) is 5.75 Å². The maximum Gasteiger partial charge on any atom is 0.313 e. The third-order valence-corrected chi connectivity index (χ3v) is 3.94. The van der Waals surface area contributed by atoms with Gasteiger partial charge in [-0.1, -0.05) is 18.2 Å². The smallest absolute Gasteiger partial charge is 0.313 e. The molecule has 1 heterocycles. The second-order valence-electron chi connectivity index (χ2n) is 3.18. The molecule has 0 saturated heterocycles. The number of carboxylic acid groups (broad SMARTS) is 1. The molecular formula is C12H10O2S2. The van der Waals surface area contributed by atoms with Crippen molar-refractivity contribution in [1.82, 2.24) is 0 Å². The van der Waals surface area contributed by atoms with Gasteiger partial charge in [-0.25, -0.2) is 0 Å². The molecule has 0 spiro atoms. The van der Waals surface area contributed by atoms with E-state index >= 15 is 0 Å². The van der Waals surface area contributed by atoms with E-state index in [0.717, 1.165) is 4.90 Å². The molecule has 1 aromatic heterocycles. The van der Waals surface area contributed by atoms with Gasteiger partial charge in [-0.2, -0.15) is 0 Å². The molecule has 0 unspecified atom stereocenters. The van der Waals surface area contributed by atoms with Crippen LogP contribution in [0.15, 0.2) is 46.7 Å². The lowest BCUT2D eigenvalue weighted by Gasteiger charge is -2.00. The molecule has 1 aromatic carbocycles. The lowest BCUT2D eigenvalue weighted by Crippen LogP contribution is -1.97. The summed E-state index contributed by atoms with van der Waals surface area (Å²) in [6.07, 6.45) is 0. The number of benzene rings is 1. The van der Waals surface area contributed by atoms with Gasteiger partial charge in [-0.3, -0.25) is 4.79 Å². The molecule has 0 atom stereocenters. The Morgan fingerprint density at radius 1 is 1.25 bits per heavy atom. The predicted molar refractivity (Wildman–Crippen MR) is 68.1 cm³/mol. The minimum atomic E-state index is -0.785. The molecule has 0 amide bonds. The topological polar surface area (TPSA) is 37.3 Å². The van der Waals surface area contributed by atoms with Crippen LogP contribution in [0.3, 0.4) is 0 Å². The summed E-state index contributed by atoms with van der Waals surface area (Å²) in [5.74, 6) is -0.675. The van der Waals surface area contributed by atoms with Gasteiger partial charge >= 0.3 is 5.97 Å². The fourth-order valence-electron chi connectivity index (χ4n) is 1.30. The number of carboxylic acids is 1. The molecule has 0 aliphatic heterocycles. The Labute approximate surface area is 102 Å². The first-order valence-electron chi connectivity index (χ1n) is 4.74. The van der Waals surface area contributed by atoms with Crippen molar-refractivity contribution in [3.8, 4) is 10.4 Å². The van der Waals surface area contributed by atoms with Crippen LogP contribution in [0.2, 0.25) is 0 Å². The van der Waals surface area contributed by atoms with Crippen molar-refractivity contribution in [2.24, 2.45) is 0 Å². The molecule has 1 N–H and O–H groups in total. The molecule has 2 nitrogen and oxygen atoms in total. The van der Waals surface area contributed by atoms with E-state index in [9.17, 15) is 4.79 Å². The Hall–Kier alpha value is -1.26. The van der Waals surface area contributed by atoms with Crippen molar-refractivity contribution in [2.75, 3.05) is 5.75 Å². The van der Waals surface area contributed by atoms with Crippen LogP contribution >= 0.6 is 23.1 Å². The van der Waals surface area contributed by atoms with Gasteiger partial charge in [0.05, 0.1) is 5.75 Å². The quantitative estimate of drug-likeness (QED) is 0.842. The van der Waals surface area contributed by atoms with E-state index in [1.54, 1.807) is 11.3 Å². The first-order chi connectivity index (χ1) is 7.75. The lowest BCUT2D eigenvalue weighted by molar-refractivity contribution is -0.133. The van der Waals surface area contributed by atoms with Gasteiger partial charge in [0.25, 0.3) is 0 Å². The fraction of sp³-hybridized carbons (Fsp3) is 0.0833. The van der Waals surface area contributed by atoms with Crippen LogP contribution in [0.4, 0.5) is 0 Å². The maximum absolute atomic E-state index is 10.4. The summed E-state index contributed by atoms with van der Waals surface area (Å²) < 4.78 is 0. The molecule has 0 aliphatic carbocycles. The Balaban J connectivity index is 2.08. The summed E-state index contributed by atoms with van der Waals surface area (Å²) in [6, 6.07) is 12.1. The first kappa shape index (κ1) is 11.2. The minimum Gasteiger partial charge on any atom is -0.481 e. The molecule has 2 rings (SSSR count). The maximum atomic E-state index is 10.4. The zero-order chi connectivity index (χ0) is 11.4. The largest absolute Gasteiger partial charge is 0.481 e. The predicted octanol–water partition coefficient (Wildman–Crippen LogP) is 3.59. The van der Waals surface area contributed by atoms with Crippen molar-refractivity contribution in [1.29, 1.82) is 0 Å². The standard InChI is InChI=1S/C12H10O2S2/c13-12(14)8-16-10-5-3-9(4-6-10)11-2-1-7-15-11/h1-7H,8H2,(H,13,14). The summed E-state index contributed by atoms with van der Waals surface area (Å²) in [6.45, 7) is 0. The van der Waals surface area contributed by atoms with Gasteiger partial charge in [-0.05, 0) is 29.1 Å². The van der Waals surface area contributed by atoms with E-state index in [4.69, 9.17) is 5.11 Å². The van der Waals surface area contributed by atoms with E-state index < -0.39 is 5.97 Å². The molecule has 82 valence electrons. The molecular weight excluding hydrogens is 240 g/mol. The van der Waals surface area contributed by atoms with Crippen LogP contribution in [0.5, 0.6) is 0 Å². The average Bonchev–Trinajstić information content (AvgIpc) is 2.80. The highest BCUT2D eigenvalue weighted by atomic mass is 32.2. The van der Waals surface area contributed by atoms with Gasteiger partial charge in [0.2, 0.25) is 0 Å². The Morgan fingerprint density at radius 2 is 2.00 bits per heavy atom. The van der Waals surface area contributed by atoms with E-state index in [0.29, 0.717) is 0 Å². The average molecular weight is 250 g/mol. The number of hydrogen-bond acceptors (Lipinski definition) is 3. The van der Waals surface area contributed by atoms with Crippen LogP contribution in [0.1, 0.15) is 0 Å². The van der Waals surface area contributed by atoms with Gasteiger partial charge in [0.15, 0.2) is 0 Å². The van der Waals surface area contributed by atoms with Crippen molar-refractivity contribution in [3.05, 3.63) is 41.8 Å². The third kappa shape index (κ3) is 2.87. The highest BCUT2D eigenvalue weighted by Gasteiger charge is 2.01. The van der Waals surface area contributed by atoms with Crippen LogP contribution in [0.25, 0.3) is 10.4 Å². The van der Waals surface area contributed by atoms with Crippen molar-refractivity contribution >= 4 is 29.1 Å². The zero-order valence-corrected chi connectivity index (χ0v) is 10.1. The minimum absolute atomic E-state index is 0.109. The Bertz CT molecular complexity index is 460. The molecule has 16 heavy (non-hydrogen) atoms. The third-order valence-electron chi connectivity index (χ3n) is 2.02. The summed E-state index contributed by atoms with van der Waals surface area (Å²) in [4.78, 5) is 12.6. The number of rotatable bonds is 4. The second kappa shape index (κ2) is 5.18. The summed E-state index contributed by atoms with van der Waals surface area (Å²) in [5.41, 5.74) is 1.18. The number of hydrogen-bond donors (Lipinski definition) is 1. The van der Waals surface area contributed by atoms with Gasteiger partial charge in [0, 0.05) is 9.77 Å². The Morgan fingerprint density at radius 3 is 2.56 bits per heavy atom. The number of thiophene rings is 1. The van der Waals surface area contributed by atoms with Gasteiger partial charge < -0.3 is 5.11 Å². The van der Waals surface area contributed by atoms with Crippen molar-refractivity contribution in [2.45, 2.75) is 4.90 Å². The monoisotopic (exact) mass is 250 g/mol. The molecule has 0 radical (unpaired) electrons. The second-order valence-corrected chi connectivity index (χ2v) is 5.18. The highest BCUT2D eigenvalue weighted by Crippen LogP contribution is 2.27. The number of aliphatic carboxylic acids is 1. The van der Waals surface area contributed by atoms with Crippen LogP contribution < -0.4 is 0 Å². The van der Waals surface area contributed by atoms with Crippen LogP contribution in [-0.4, -0.2) is 16.8 Å². The normalized spacial score (nSPS) is 10.2. The molecule has 2 aromatic rings. The van der Waals surface area contributed by atoms with Crippen molar-refractivity contribution in [3.63, 3.8) is 0 Å².